The Bertz CT molecular complexity index is 139. The summed E-state index contributed by atoms with van der Waals surface area (Å²) < 4.78 is 0. The van der Waals surface area contributed by atoms with E-state index in [0.29, 0.717) is 6.04 Å². The first-order valence-electron chi connectivity index (χ1n) is 3.50. The van der Waals surface area contributed by atoms with Gasteiger partial charge in [0.15, 0.2) is 0 Å². The first kappa shape index (κ1) is 7.54. The van der Waals surface area contributed by atoms with Gasteiger partial charge in [0.25, 0.3) is 0 Å². The molecule has 0 saturated heterocycles. The smallest absolute Gasteiger partial charge is 0.306 e. The zero-order valence-corrected chi connectivity index (χ0v) is 6.37. The fourth-order valence-electron chi connectivity index (χ4n) is 1.21. The molecule has 0 radical (unpaired) electrons. The monoisotopic (exact) mass is 143 g/mol. The van der Waals surface area contributed by atoms with Crippen LogP contribution in [0.25, 0.3) is 0 Å². The van der Waals surface area contributed by atoms with Crippen LogP contribution in [0.2, 0.25) is 0 Å². The second-order valence-corrected chi connectivity index (χ2v) is 3.12. The van der Waals surface area contributed by atoms with Crippen molar-refractivity contribution in [2.45, 2.75) is 18.9 Å². The van der Waals surface area contributed by atoms with E-state index in [0.717, 1.165) is 12.8 Å². The molecule has 0 aliphatic heterocycles. The van der Waals surface area contributed by atoms with E-state index in [9.17, 15) is 4.79 Å². The molecule has 0 amide bonds. The van der Waals surface area contributed by atoms with Gasteiger partial charge in [-0.1, -0.05) is 0 Å². The van der Waals surface area contributed by atoms with E-state index in [-0.39, 0.29) is 5.92 Å². The number of carbonyl (C=O) groups is 1. The number of hydrogen-bond acceptors (Lipinski definition) is 2. The fourth-order valence-corrected chi connectivity index (χ4v) is 1.21. The third-order valence-corrected chi connectivity index (χ3v) is 2.19. The number of carboxylic acid groups (broad SMARTS) is 1. The molecule has 0 atom stereocenters. The molecule has 0 bridgehead atoms. The molecule has 1 aliphatic carbocycles. The second-order valence-electron chi connectivity index (χ2n) is 3.12. The van der Waals surface area contributed by atoms with E-state index in [1.807, 2.05) is 14.1 Å². The minimum atomic E-state index is -0.641. The average Bonchev–Trinajstić information content (AvgIpc) is 1.56. The van der Waals surface area contributed by atoms with Crippen LogP contribution in [0.1, 0.15) is 12.8 Å². The van der Waals surface area contributed by atoms with Gasteiger partial charge in [-0.05, 0) is 26.9 Å². The lowest BCUT2D eigenvalue weighted by molar-refractivity contribution is -0.146. The fraction of sp³-hybridized carbons (Fsp3) is 0.857. The van der Waals surface area contributed by atoms with E-state index in [4.69, 9.17) is 5.11 Å². The summed E-state index contributed by atoms with van der Waals surface area (Å²) >= 11 is 0. The average molecular weight is 143 g/mol. The first-order valence-corrected chi connectivity index (χ1v) is 3.50. The van der Waals surface area contributed by atoms with Gasteiger partial charge in [-0.3, -0.25) is 4.79 Å². The zero-order valence-electron chi connectivity index (χ0n) is 6.37. The van der Waals surface area contributed by atoms with Crippen molar-refractivity contribution < 1.29 is 9.90 Å². The molecule has 0 heterocycles. The Kier molecular flexibility index (Phi) is 1.94. The highest BCUT2D eigenvalue weighted by Gasteiger charge is 2.35. The summed E-state index contributed by atoms with van der Waals surface area (Å²) in [5, 5.41) is 8.51. The van der Waals surface area contributed by atoms with Crippen LogP contribution in [0.4, 0.5) is 0 Å². The van der Waals surface area contributed by atoms with Gasteiger partial charge in [0.1, 0.15) is 0 Å². The molecule has 1 N–H and O–H groups in total. The minimum Gasteiger partial charge on any atom is -0.481 e. The molecule has 1 fully saturated rings. The molecule has 1 rings (SSSR count). The number of carboxylic acids is 1. The van der Waals surface area contributed by atoms with Crippen molar-refractivity contribution in [1.82, 2.24) is 4.90 Å². The molecule has 3 heteroatoms. The maximum atomic E-state index is 10.3. The van der Waals surface area contributed by atoms with Gasteiger partial charge in [0.2, 0.25) is 0 Å². The summed E-state index contributed by atoms with van der Waals surface area (Å²) in [5.74, 6) is -0.717. The second kappa shape index (κ2) is 2.58. The number of nitrogens with zero attached hydrogens (tertiary/aromatic N) is 1. The molecular weight excluding hydrogens is 130 g/mol. The van der Waals surface area contributed by atoms with Gasteiger partial charge in [0.05, 0.1) is 5.92 Å². The van der Waals surface area contributed by atoms with Crippen LogP contribution in [-0.4, -0.2) is 36.1 Å². The summed E-state index contributed by atoms with van der Waals surface area (Å²) in [7, 11) is 3.98. The molecule has 0 unspecified atom stereocenters. The number of rotatable bonds is 2. The minimum absolute atomic E-state index is 0.0765. The molecule has 0 aromatic rings. The third-order valence-electron chi connectivity index (χ3n) is 2.19. The SMILES string of the molecule is CN(C)C1CC(C(=O)O)C1. The molecule has 3 nitrogen and oxygen atoms in total. The molecular formula is C7H13NO2. The predicted molar refractivity (Wildman–Crippen MR) is 37.8 cm³/mol. The lowest BCUT2D eigenvalue weighted by Gasteiger charge is -2.36. The lowest BCUT2D eigenvalue weighted by atomic mass is 9.80. The maximum absolute atomic E-state index is 10.3. The highest BCUT2D eigenvalue weighted by molar-refractivity contribution is 5.71. The van der Waals surface area contributed by atoms with Crippen molar-refractivity contribution in [3.8, 4) is 0 Å². The number of hydrogen-bond donors (Lipinski definition) is 1. The van der Waals surface area contributed by atoms with E-state index in [2.05, 4.69) is 4.90 Å². The van der Waals surface area contributed by atoms with Crippen molar-refractivity contribution in [2.75, 3.05) is 14.1 Å². The van der Waals surface area contributed by atoms with E-state index in [1.165, 1.54) is 0 Å². The van der Waals surface area contributed by atoms with Crippen LogP contribution in [0, 0.1) is 5.92 Å². The summed E-state index contributed by atoms with van der Waals surface area (Å²) in [6.07, 6.45) is 1.64. The van der Waals surface area contributed by atoms with Gasteiger partial charge in [-0.15, -0.1) is 0 Å². The third kappa shape index (κ3) is 1.29. The van der Waals surface area contributed by atoms with Crippen LogP contribution in [0.3, 0.4) is 0 Å². The Labute approximate surface area is 60.6 Å². The summed E-state index contributed by atoms with van der Waals surface area (Å²) in [5.41, 5.74) is 0. The Balaban J connectivity index is 2.24. The van der Waals surface area contributed by atoms with Gasteiger partial charge in [-0.2, -0.15) is 0 Å². The Hall–Kier alpha value is -0.570. The van der Waals surface area contributed by atoms with Crippen LogP contribution in [0.15, 0.2) is 0 Å². The lowest BCUT2D eigenvalue weighted by Crippen LogP contribution is -2.43. The topological polar surface area (TPSA) is 40.5 Å². The van der Waals surface area contributed by atoms with Crippen molar-refractivity contribution in [3.05, 3.63) is 0 Å². The molecule has 1 aliphatic rings. The van der Waals surface area contributed by atoms with E-state index >= 15 is 0 Å². The first-order chi connectivity index (χ1) is 4.61. The standard InChI is InChI=1S/C7H13NO2/c1-8(2)6-3-5(4-6)7(9)10/h5-6H,3-4H2,1-2H3,(H,9,10). The number of aliphatic carboxylic acids is 1. The zero-order chi connectivity index (χ0) is 7.72. The molecule has 58 valence electrons. The Morgan fingerprint density at radius 1 is 1.50 bits per heavy atom. The highest BCUT2D eigenvalue weighted by Crippen LogP contribution is 2.30. The van der Waals surface area contributed by atoms with Crippen LogP contribution in [0.5, 0.6) is 0 Å². The van der Waals surface area contributed by atoms with Crippen molar-refractivity contribution >= 4 is 5.97 Å². The quantitative estimate of drug-likeness (QED) is 0.608. The normalized spacial score (nSPS) is 31.9. The largest absolute Gasteiger partial charge is 0.481 e. The van der Waals surface area contributed by atoms with Gasteiger partial charge in [0, 0.05) is 6.04 Å². The Morgan fingerprint density at radius 3 is 2.30 bits per heavy atom. The molecule has 0 spiro atoms. The van der Waals surface area contributed by atoms with Gasteiger partial charge in [-0.25, -0.2) is 0 Å². The van der Waals surface area contributed by atoms with Crippen LogP contribution < -0.4 is 0 Å². The van der Waals surface area contributed by atoms with E-state index in [1.54, 1.807) is 0 Å². The van der Waals surface area contributed by atoms with Crippen molar-refractivity contribution in [3.63, 3.8) is 0 Å². The van der Waals surface area contributed by atoms with Crippen LogP contribution >= 0.6 is 0 Å². The molecule has 0 aromatic carbocycles. The predicted octanol–water partition coefficient (Wildman–Crippen LogP) is 0.411. The van der Waals surface area contributed by atoms with E-state index < -0.39 is 5.97 Å². The molecule has 1 saturated carbocycles. The summed E-state index contributed by atoms with van der Waals surface area (Å²) in [4.78, 5) is 12.4. The molecule has 10 heavy (non-hydrogen) atoms. The van der Waals surface area contributed by atoms with Gasteiger partial charge >= 0.3 is 5.97 Å². The summed E-state index contributed by atoms with van der Waals surface area (Å²) in [6.45, 7) is 0. The van der Waals surface area contributed by atoms with Gasteiger partial charge < -0.3 is 10.0 Å². The Morgan fingerprint density at radius 2 is 2.00 bits per heavy atom. The van der Waals surface area contributed by atoms with Crippen LogP contribution in [-0.2, 0) is 4.79 Å². The van der Waals surface area contributed by atoms with Crippen molar-refractivity contribution in [1.29, 1.82) is 0 Å². The highest BCUT2D eigenvalue weighted by atomic mass is 16.4. The molecule has 0 aromatic heterocycles. The summed E-state index contributed by atoms with van der Waals surface area (Å²) in [6, 6.07) is 0.501. The van der Waals surface area contributed by atoms with Crippen molar-refractivity contribution in [2.24, 2.45) is 5.92 Å². The maximum Gasteiger partial charge on any atom is 0.306 e.